The molecule has 2 amide bonds. The van der Waals surface area contributed by atoms with E-state index in [0.717, 1.165) is 0 Å². The lowest BCUT2D eigenvalue weighted by molar-refractivity contribution is -0.137. The maximum Gasteiger partial charge on any atom is 0.266 e. The Hall–Kier alpha value is -3.64. The first-order valence-corrected chi connectivity index (χ1v) is 10.6. The highest BCUT2D eigenvalue weighted by Gasteiger charge is 2.47. The average Bonchev–Trinajstić information content (AvgIpc) is 3.54. The number of rotatable bonds is 4. The van der Waals surface area contributed by atoms with Crippen LogP contribution in [0, 0.1) is 11.8 Å². The molecule has 4 atom stereocenters. The molecule has 1 aliphatic rings. The number of carbonyl (C=O) groups is 2. The number of fused-ring (bicyclic) bond motifs is 1. The number of thiazole rings is 1. The average molecular weight is 472 g/mol. The zero-order chi connectivity index (χ0) is 23.7. The lowest BCUT2D eigenvalue weighted by Crippen LogP contribution is -2.41. The molecule has 0 aliphatic carbocycles. The smallest absolute Gasteiger partial charge is 0.266 e. The third kappa shape index (κ3) is 4.22. The molecule has 3 aromatic rings. The first-order chi connectivity index (χ1) is 15.8. The summed E-state index contributed by atoms with van der Waals surface area (Å²) in [5.41, 5.74) is 8.01. The molecule has 4 heterocycles. The molecule has 5 N–H and O–H groups in total. The summed E-state index contributed by atoms with van der Waals surface area (Å²) in [6.45, 7) is 0.113. The summed E-state index contributed by atoms with van der Waals surface area (Å²) in [4.78, 5) is 42.6. The van der Waals surface area contributed by atoms with E-state index in [-0.39, 0.29) is 35.3 Å². The minimum absolute atomic E-state index is 0.0491. The molecule has 1 aliphatic heterocycles. The molecule has 0 spiro atoms. The van der Waals surface area contributed by atoms with Crippen molar-refractivity contribution < 1.29 is 24.5 Å². The van der Waals surface area contributed by atoms with Crippen molar-refractivity contribution in [3.8, 4) is 11.8 Å². The molecule has 1 saturated heterocycles. The quantitative estimate of drug-likeness (QED) is 0.321. The van der Waals surface area contributed by atoms with E-state index in [9.17, 15) is 19.8 Å². The van der Waals surface area contributed by atoms with Crippen LogP contribution in [0.2, 0.25) is 0 Å². The van der Waals surface area contributed by atoms with Crippen molar-refractivity contribution in [3.63, 3.8) is 0 Å². The summed E-state index contributed by atoms with van der Waals surface area (Å²) in [6.07, 6.45) is -2.45. The number of nitrogens with one attached hydrogen (secondary N) is 1. The van der Waals surface area contributed by atoms with Gasteiger partial charge in [-0.2, -0.15) is 0 Å². The highest BCUT2D eigenvalue weighted by Crippen LogP contribution is 2.32. The number of hydrogen-bond acceptors (Lipinski definition) is 11. The Balaban J connectivity index is 1.58. The van der Waals surface area contributed by atoms with Gasteiger partial charge in [-0.3, -0.25) is 19.1 Å². The number of nitrogens with zero attached hydrogens (tertiary/aromatic N) is 6. The Labute approximate surface area is 191 Å². The molecular formula is C19H20N8O5S. The summed E-state index contributed by atoms with van der Waals surface area (Å²) in [5.74, 6) is 4.90. The number of imidazole rings is 1. The van der Waals surface area contributed by atoms with Crippen LogP contribution < -0.4 is 11.1 Å². The van der Waals surface area contributed by atoms with Crippen molar-refractivity contribution in [2.75, 3.05) is 26.4 Å². The van der Waals surface area contributed by atoms with Crippen molar-refractivity contribution in [2.45, 2.75) is 24.5 Å². The van der Waals surface area contributed by atoms with Crippen LogP contribution in [0.3, 0.4) is 0 Å². The molecule has 13 nitrogen and oxygen atoms in total. The topological polar surface area (TPSA) is 182 Å². The Kier molecular flexibility index (Phi) is 6.20. The lowest BCUT2D eigenvalue weighted by Gasteiger charge is -2.16. The Bertz CT molecular complexity index is 1250. The second kappa shape index (κ2) is 9.08. The number of nitrogen functional groups attached to an aromatic ring is 1. The number of aliphatic hydroxyl groups is 2. The van der Waals surface area contributed by atoms with Crippen LogP contribution in [0.1, 0.15) is 21.7 Å². The van der Waals surface area contributed by atoms with Crippen LogP contribution in [0.15, 0.2) is 18.0 Å². The number of aromatic nitrogens is 5. The van der Waals surface area contributed by atoms with Crippen LogP contribution >= 0.6 is 11.3 Å². The summed E-state index contributed by atoms with van der Waals surface area (Å²) in [6, 6.07) is 0. The number of amides is 2. The molecule has 172 valence electrons. The van der Waals surface area contributed by atoms with Gasteiger partial charge in [-0.15, -0.1) is 11.3 Å². The normalized spacial score (nSPS) is 22.1. The van der Waals surface area contributed by atoms with Gasteiger partial charge in [0, 0.05) is 14.1 Å². The minimum Gasteiger partial charge on any atom is -0.387 e. The lowest BCUT2D eigenvalue weighted by atomic mass is 10.1. The monoisotopic (exact) mass is 472 g/mol. The van der Waals surface area contributed by atoms with Gasteiger partial charge in [0.25, 0.3) is 11.8 Å². The van der Waals surface area contributed by atoms with Gasteiger partial charge >= 0.3 is 0 Å². The van der Waals surface area contributed by atoms with Gasteiger partial charge in [0.05, 0.1) is 24.6 Å². The molecule has 14 heteroatoms. The van der Waals surface area contributed by atoms with Crippen molar-refractivity contribution in [3.05, 3.63) is 28.7 Å². The van der Waals surface area contributed by atoms with Crippen LogP contribution in [-0.2, 0) is 9.53 Å². The zero-order valence-electron chi connectivity index (χ0n) is 17.5. The number of hydrogen-bond donors (Lipinski definition) is 4. The molecule has 1 unspecified atom stereocenters. The molecule has 0 aromatic carbocycles. The predicted octanol–water partition coefficient (Wildman–Crippen LogP) is -1.65. The summed E-state index contributed by atoms with van der Waals surface area (Å²) in [5, 5.41) is 23.0. The van der Waals surface area contributed by atoms with Gasteiger partial charge in [-0.1, -0.05) is 5.92 Å². The van der Waals surface area contributed by atoms with E-state index in [4.69, 9.17) is 10.5 Å². The number of likely N-dealkylation sites (N-methyl/N-ethyl adjacent to an activating group) is 1. The Morgan fingerprint density at radius 3 is 2.85 bits per heavy atom. The van der Waals surface area contributed by atoms with Gasteiger partial charge in [0.2, 0.25) is 5.82 Å². The molecular weight excluding hydrogens is 452 g/mol. The summed E-state index contributed by atoms with van der Waals surface area (Å²) in [7, 11) is 3.00. The zero-order valence-corrected chi connectivity index (χ0v) is 18.4. The number of carbonyl (C=O) groups excluding carboxylic acids is 2. The van der Waals surface area contributed by atoms with Crippen molar-refractivity contribution in [1.29, 1.82) is 0 Å². The van der Waals surface area contributed by atoms with E-state index in [2.05, 4.69) is 37.1 Å². The minimum atomic E-state index is -1.45. The van der Waals surface area contributed by atoms with Crippen molar-refractivity contribution in [2.24, 2.45) is 0 Å². The second-order valence-electron chi connectivity index (χ2n) is 7.13. The highest BCUT2D eigenvalue weighted by molar-refractivity contribution is 7.11. The van der Waals surface area contributed by atoms with E-state index in [1.807, 2.05) is 0 Å². The number of nitrogens with two attached hydrogens (primary N) is 1. The fourth-order valence-electron chi connectivity index (χ4n) is 3.25. The SMILES string of the molecule is CNC(=O)[C@H]1O[C@@H](n2cnc3c(N)nc(C#CCN(C)C(=O)c4cncs4)nc32)C(O)[C@@H]1O. The fourth-order valence-corrected chi connectivity index (χ4v) is 3.86. The van der Waals surface area contributed by atoms with Crippen LogP contribution in [0.5, 0.6) is 0 Å². The number of anilines is 1. The Morgan fingerprint density at radius 1 is 1.36 bits per heavy atom. The molecule has 0 radical (unpaired) electrons. The standard InChI is InChI=1S/C19H20N8O5S/c1-21-17(30)14-12(28)13(29)19(32-14)27-7-23-11-15(20)24-10(25-16(11)27)4-3-5-26(2)18(31)9-6-22-8-33-9/h6-8,12-14,19,28-29H,5H2,1-2H3,(H,21,30)(H2,20,24,25)/t12-,13?,14-,19+/m0/s1. The van der Waals surface area contributed by atoms with Crippen LogP contribution in [0.4, 0.5) is 5.82 Å². The van der Waals surface area contributed by atoms with Gasteiger partial charge in [-0.25, -0.2) is 15.0 Å². The van der Waals surface area contributed by atoms with E-state index in [0.29, 0.717) is 4.88 Å². The fraction of sp³-hybridized carbons (Fsp3) is 0.368. The molecule has 0 bridgehead atoms. The first-order valence-electron chi connectivity index (χ1n) is 9.68. The Morgan fingerprint density at radius 2 is 2.15 bits per heavy atom. The van der Waals surface area contributed by atoms with E-state index >= 15 is 0 Å². The maximum absolute atomic E-state index is 12.3. The van der Waals surface area contributed by atoms with Crippen molar-refractivity contribution >= 4 is 40.1 Å². The van der Waals surface area contributed by atoms with Gasteiger partial charge in [-0.05, 0) is 5.92 Å². The van der Waals surface area contributed by atoms with Gasteiger partial charge in [0.15, 0.2) is 23.8 Å². The molecule has 0 saturated carbocycles. The van der Waals surface area contributed by atoms with E-state index in [1.54, 1.807) is 12.6 Å². The molecule has 4 rings (SSSR count). The van der Waals surface area contributed by atoms with Crippen LogP contribution in [-0.4, -0.2) is 90.4 Å². The van der Waals surface area contributed by atoms with Gasteiger partial charge in [0.1, 0.15) is 22.6 Å². The van der Waals surface area contributed by atoms with E-state index < -0.39 is 30.4 Å². The third-order valence-corrected chi connectivity index (χ3v) is 5.73. The second-order valence-corrected chi connectivity index (χ2v) is 8.01. The van der Waals surface area contributed by atoms with Crippen LogP contribution in [0.25, 0.3) is 11.2 Å². The third-order valence-electron chi connectivity index (χ3n) is 4.97. The first kappa shape index (κ1) is 22.6. The maximum atomic E-state index is 12.3. The largest absolute Gasteiger partial charge is 0.387 e. The van der Waals surface area contributed by atoms with Gasteiger partial charge < -0.3 is 30.9 Å². The molecule has 3 aromatic heterocycles. The number of ether oxygens (including phenoxy) is 1. The summed E-state index contributed by atoms with van der Waals surface area (Å²) >= 11 is 1.23. The summed E-state index contributed by atoms with van der Waals surface area (Å²) < 4.78 is 6.93. The predicted molar refractivity (Wildman–Crippen MR) is 116 cm³/mol. The highest BCUT2D eigenvalue weighted by atomic mass is 32.1. The number of aliphatic hydroxyl groups excluding tert-OH is 2. The molecule has 33 heavy (non-hydrogen) atoms. The van der Waals surface area contributed by atoms with Crippen molar-refractivity contribution in [1.82, 2.24) is 34.7 Å². The van der Waals surface area contributed by atoms with E-state index in [1.165, 1.54) is 40.4 Å². The molecule has 1 fully saturated rings.